The Morgan fingerprint density at radius 1 is 1.06 bits per heavy atom. The Bertz CT molecular complexity index is 1160. The molecule has 0 aliphatic carbocycles. The first kappa shape index (κ1) is 23.3. The number of hydrogen-bond donors (Lipinski definition) is 1. The molecule has 1 fully saturated rings. The van der Waals surface area contributed by atoms with E-state index in [1.807, 2.05) is 0 Å². The number of carbonyl (C=O) groups excluding carboxylic acids is 2. The number of nitrogens with one attached hydrogen (secondary N) is 1. The van der Waals surface area contributed by atoms with Gasteiger partial charge in [0.15, 0.2) is 0 Å². The van der Waals surface area contributed by atoms with Gasteiger partial charge in [0, 0.05) is 49.9 Å². The summed E-state index contributed by atoms with van der Waals surface area (Å²) < 4.78 is 33.2. The molecule has 2 aromatic rings. The van der Waals surface area contributed by atoms with Gasteiger partial charge in [0.25, 0.3) is 0 Å². The maximum atomic E-state index is 13.3. The van der Waals surface area contributed by atoms with Crippen molar-refractivity contribution in [3.63, 3.8) is 0 Å². The highest BCUT2D eigenvalue weighted by Gasteiger charge is 2.33. The molecule has 1 N–H and O–H groups in total. The molecule has 2 amide bonds. The van der Waals surface area contributed by atoms with Gasteiger partial charge in [-0.3, -0.25) is 9.59 Å². The van der Waals surface area contributed by atoms with Gasteiger partial charge in [-0.15, -0.1) is 0 Å². The third-order valence-corrected chi connectivity index (χ3v) is 8.24. The van der Waals surface area contributed by atoms with E-state index in [0.717, 1.165) is 24.1 Å². The van der Waals surface area contributed by atoms with Crippen molar-refractivity contribution in [1.29, 1.82) is 0 Å². The monoisotopic (exact) mass is 471 g/mol. The second kappa shape index (κ2) is 9.52. The maximum absolute atomic E-state index is 13.3. The molecule has 33 heavy (non-hydrogen) atoms. The molecule has 2 heterocycles. The number of amides is 2. The third-order valence-electron chi connectivity index (χ3n) is 6.35. The van der Waals surface area contributed by atoms with Crippen LogP contribution in [0.5, 0.6) is 5.75 Å². The number of methoxy groups -OCH3 is 1. The molecule has 9 heteroatoms. The van der Waals surface area contributed by atoms with E-state index in [9.17, 15) is 18.0 Å². The highest BCUT2D eigenvalue weighted by Crippen LogP contribution is 2.32. The molecular weight excluding hydrogens is 442 g/mol. The van der Waals surface area contributed by atoms with E-state index in [4.69, 9.17) is 4.74 Å². The molecule has 0 unspecified atom stereocenters. The zero-order valence-corrected chi connectivity index (χ0v) is 19.7. The minimum absolute atomic E-state index is 0.0409. The first-order valence-electron chi connectivity index (χ1n) is 11.2. The van der Waals surface area contributed by atoms with E-state index in [1.54, 1.807) is 54.5 Å². The Hall–Kier alpha value is -2.91. The third kappa shape index (κ3) is 4.89. The second-order valence-electron chi connectivity index (χ2n) is 8.46. The van der Waals surface area contributed by atoms with Crippen LogP contribution in [0.25, 0.3) is 0 Å². The van der Waals surface area contributed by atoms with Crippen LogP contribution in [0.4, 0.5) is 11.4 Å². The molecule has 1 saturated heterocycles. The molecule has 0 spiro atoms. The molecule has 0 bridgehead atoms. The lowest BCUT2D eigenvalue weighted by molar-refractivity contribution is -0.121. The first-order valence-corrected chi connectivity index (χ1v) is 12.6. The fourth-order valence-corrected chi connectivity index (χ4v) is 6.03. The van der Waals surface area contributed by atoms with Crippen molar-refractivity contribution >= 4 is 33.2 Å². The van der Waals surface area contributed by atoms with Crippen molar-refractivity contribution in [3.8, 4) is 5.75 Å². The number of sulfonamides is 1. The minimum atomic E-state index is -3.67. The molecule has 8 nitrogen and oxygen atoms in total. The number of piperidine rings is 1. The molecule has 0 atom stereocenters. The number of aryl methyl sites for hydroxylation is 1. The predicted octanol–water partition coefficient (Wildman–Crippen LogP) is 3.03. The van der Waals surface area contributed by atoms with Crippen molar-refractivity contribution in [2.45, 2.75) is 37.5 Å². The summed E-state index contributed by atoms with van der Waals surface area (Å²) in [5.41, 5.74) is 2.33. The number of fused-ring (bicyclic) bond motifs is 1. The van der Waals surface area contributed by atoms with Crippen LogP contribution in [0.3, 0.4) is 0 Å². The lowest BCUT2D eigenvalue weighted by atomic mass is 9.97. The number of carbonyl (C=O) groups is 2. The van der Waals surface area contributed by atoms with E-state index in [1.165, 1.54) is 11.2 Å². The molecule has 2 aliphatic rings. The van der Waals surface area contributed by atoms with Gasteiger partial charge in [-0.1, -0.05) is 6.07 Å². The Morgan fingerprint density at radius 2 is 1.82 bits per heavy atom. The Labute approximate surface area is 194 Å². The Balaban J connectivity index is 1.42. The number of ether oxygens (including phenoxy) is 1. The van der Waals surface area contributed by atoms with E-state index < -0.39 is 10.0 Å². The van der Waals surface area contributed by atoms with Crippen LogP contribution in [0, 0.1) is 5.92 Å². The van der Waals surface area contributed by atoms with Crippen LogP contribution in [-0.4, -0.2) is 51.3 Å². The summed E-state index contributed by atoms with van der Waals surface area (Å²) in [5.74, 6) is 0.250. The molecular formula is C24H29N3O5S. The number of nitrogens with zero attached hydrogens (tertiary/aromatic N) is 2. The summed E-state index contributed by atoms with van der Waals surface area (Å²) in [6.45, 7) is 2.75. The SMILES string of the molecule is COc1cccc(NC(=O)C2CCN(S(=O)(=O)c3ccc4c(c3)CCCN4C(C)=O)CC2)c1. The molecule has 2 aliphatic heterocycles. The molecule has 4 rings (SSSR count). The standard InChI is InChI=1S/C24H29N3O5S/c1-17(28)27-12-4-5-19-15-22(8-9-23(19)27)33(30,31)26-13-10-18(11-14-26)24(29)25-20-6-3-7-21(16-20)32-2/h3,6-9,15-16,18H,4-5,10-14H2,1-2H3,(H,25,29). The number of rotatable bonds is 5. The van der Waals surface area contributed by atoms with Gasteiger partial charge in [-0.2, -0.15) is 4.31 Å². The minimum Gasteiger partial charge on any atom is -0.497 e. The Kier molecular flexibility index (Phi) is 6.71. The van der Waals surface area contributed by atoms with Crippen molar-refractivity contribution in [2.75, 3.05) is 37.0 Å². The predicted molar refractivity (Wildman–Crippen MR) is 126 cm³/mol. The summed E-state index contributed by atoms with van der Waals surface area (Å²) in [4.78, 5) is 26.5. The van der Waals surface area contributed by atoms with Crippen LogP contribution in [-0.2, 0) is 26.0 Å². The molecule has 0 radical (unpaired) electrons. The van der Waals surface area contributed by atoms with Gasteiger partial charge < -0.3 is 15.0 Å². The summed E-state index contributed by atoms with van der Waals surface area (Å²) >= 11 is 0. The lowest BCUT2D eigenvalue weighted by Gasteiger charge is -2.32. The molecule has 0 saturated carbocycles. The van der Waals surface area contributed by atoms with E-state index in [0.29, 0.717) is 30.8 Å². The van der Waals surface area contributed by atoms with Crippen LogP contribution in [0.1, 0.15) is 31.7 Å². The van der Waals surface area contributed by atoms with Crippen LogP contribution >= 0.6 is 0 Å². The summed E-state index contributed by atoms with van der Waals surface area (Å²) in [6, 6.07) is 12.2. The fraction of sp³-hybridized carbons (Fsp3) is 0.417. The van der Waals surface area contributed by atoms with Gasteiger partial charge in [0.1, 0.15) is 5.75 Å². The molecule has 0 aromatic heterocycles. The van der Waals surface area contributed by atoms with E-state index in [-0.39, 0.29) is 35.7 Å². The normalized spacial score (nSPS) is 17.3. The highest BCUT2D eigenvalue weighted by molar-refractivity contribution is 7.89. The van der Waals surface area contributed by atoms with Gasteiger partial charge in [-0.25, -0.2) is 8.42 Å². The van der Waals surface area contributed by atoms with Crippen molar-refractivity contribution < 1.29 is 22.7 Å². The second-order valence-corrected chi connectivity index (χ2v) is 10.4. The van der Waals surface area contributed by atoms with Crippen LogP contribution in [0.15, 0.2) is 47.4 Å². The topological polar surface area (TPSA) is 96.0 Å². The van der Waals surface area contributed by atoms with Gasteiger partial charge in [0.2, 0.25) is 21.8 Å². The number of hydrogen-bond acceptors (Lipinski definition) is 5. The first-order chi connectivity index (χ1) is 15.8. The lowest BCUT2D eigenvalue weighted by Crippen LogP contribution is -2.41. The zero-order chi connectivity index (χ0) is 23.6. The number of anilines is 2. The summed E-state index contributed by atoms with van der Waals surface area (Å²) in [6.07, 6.45) is 2.47. The van der Waals surface area contributed by atoms with Crippen LogP contribution in [0.2, 0.25) is 0 Å². The zero-order valence-electron chi connectivity index (χ0n) is 18.9. The molecule has 176 valence electrons. The fourth-order valence-electron chi connectivity index (χ4n) is 4.51. The maximum Gasteiger partial charge on any atom is 0.243 e. The van der Waals surface area contributed by atoms with Gasteiger partial charge in [0.05, 0.1) is 12.0 Å². The summed E-state index contributed by atoms with van der Waals surface area (Å²) in [7, 11) is -2.10. The largest absolute Gasteiger partial charge is 0.497 e. The van der Waals surface area contributed by atoms with Gasteiger partial charge in [-0.05, 0) is 61.6 Å². The number of benzene rings is 2. The van der Waals surface area contributed by atoms with E-state index in [2.05, 4.69) is 5.32 Å². The average Bonchev–Trinajstić information content (AvgIpc) is 2.83. The highest BCUT2D eigenvalue weighted by atomic mass is 32.2. The summed E-state index contributed by atoms with van der Waals surface area (Å²) in [5, 5.41) is 2.90. The smallest absolute Gasteiger partial charge is 0.243 e. The van der Waals surface area contributed by atoms with Crippen molar-refractivity contribution in [3.05, 3.63) is 48.0 Å². The molecule has 2 aromatic carbocycles. The van der Waals surface area contributed by atoms with Crippen molar-refractivity contribution in [2.24, 2.45) is 5.92 Å². The van der Waals surface area contributed by atoms with E-state index >= 15 is 0 Å². The van der Waals surface area contributed by atoms with Gasteiger partial charge >= 0.3 is 0 Å². The average molecular weight is 472 g/mol. The van der Waals surface area contributed by atoms with Crippen LogP contribution < -0.4 is 15.0 Å². The quantitative estimate of drug-likeness (QED) is 0.723. The Morgan fingerprint density at radius 3 is 2.52 bits per heavy atom. The van der Waals surface area contributed by atoms with Crippen molar-refractivity contribution in [1.82, 2.24) is 4.31 Å².